The lowest BCUT2D eigenvalue weighted by Crippen LogP contribution is -2.49. The predicted molar refractivity (Wildman–Crippen MR) is 85.3 cm³/mol. The molecule has 2 heterocycles. The number of rotatable bonds is 5. The van der Waals surface area contributed by atoms with E-state index in [1.807, 2.05) is 18.0 Å². The zero-order chi connectivity index (χ0) is 15.2. The van der Waals surface area contributed by atoms with Gasteiger partial charge in [0.25, 0.3) is 0 Å². The number of carbonyl (C=O) groups is 1. The highest BCUT2D eigenvalue weighted by Crippen LogP contribution is 2.15. The van der Waals surface area contributed by atoms with Crippen molar-refractivity contribution >= 4 is 11.7 Å². The summed E-state index contributed by atoms with van der Waals surface area (Å²) in [5.74, 6) is 1.30. The highest BCUT2D eigenvalue weighted by atomic mass is 16.2. The number of anilines is 1. The van der Waals surface area contributed by atoms with Gasteiger partial charge < -0.3 is 14.7 Å². The van der Waals surface area contributed by atoms with Crippen LogP contribution in [0.2, 0.25) is 0 Å². The number of pyridine rings is 1. The second kappa shape index (κ2) is 7.41. The molecule has 0 spiro atoms. The van der Waals surface area contributed by atoms with Crippen LogP contribution in [0.1, 0.15) is 25.3 Å². The molecule has 0 bridgehead atoms. The molecule has 116 valence electrons. The molecule has 0 saturated carbocycles. The Bertz CT molecular complexity index is 450. The molecule has 0 radical (unpaired) electrons. The zero-order valence-corrected chi connectivity index (χ0v) is 13.4. The fraction of sp³-hybridized carbons (Fsp3) is 0.625. The van der Waals surface area contributed by atoms with Gasteiger partial charge in [0, 0.05) is 45.3 Å². The topological polar surface area (TPSA) is 39.7 Å². The third kappa shape index (κ3) is 4.43. The molecule has 1 aromatic rings. The smallest absolute Gasteiger partial charge is 0.222 e. The van der Waals surface area contributed by atoms with E-state index in [4.69, 9.17) is 0 Å². The number of nitrogens with zero attached hydrogens (tertiary/aromatic N) is 4. The second-order valence-corrected chi connectivity index (χ2v) is 5.88. The SMILES string of the molecule is CCCC(=O)N1CCN(c2ccc(CN(C)C)cn2)CC1. The Labute approximate surface area is 127 Å². The van der Waals surface area contributed by atoms with Crippen molar-refractivity contribution < 1.29 is 4.79 Å². The van der Waals surface area contributed by atoms with Gasteiger partial charge in [0.2, 0.25) is 5.91 Å². The molecule has 2 rings (SSSR count). The minimum Gasteiger partial charge on any atom is -0.353 e. The molecule has 0 atom stereocenters. The molecule has 1 amide bonds. The third-order valence-corrected chi connectivity index (χ3v) is 3.73. The van der Waals surface area contributed by atoms with Gasteiger partial charge in [0.1, 0.15) is 5.82 Å². The molecular weight excluding hydrogens is 264 g/mol. The molecule has 0 aromatic carbocycles. The summed E-state index contributed by atoms with van der Waals surface area (Å²) >= 11 is 0. The first kappa shape index (κ1) is 15.8. The maximum atomic E-state index is 11.9. The van der Waals surface area contributed by atoms with Crippen LogP contribution in [0, 0.1) is 0 Å². The van der Waals surface area contributed by atoms with E-state index in [1.54, 1.807) is 0 Å². The van der Waals surface area contributed by atoms with Crippen molar-refractivity contribution in [2.75, 3.05) is 45.2 Å². The molecule has 5 heteroatoms. The van der Waals surface area contributed by atoms with Crippen molar-refractivity contribution in [1.29, 1.82) is 0 Å². The van der Waals surface area contributed by atoms with Crippen LogP contribution in [0.15, 0.2) is 18.3 Å². The van der Waals surface area contributed by atoms with E-state index in [0.717, 1.165) is 45.0 Å². The number of aromatic nitrogens is 1. The average Bonchev–Trinajstić information content (AvgIpc) is 2.48. The van der Waals surface area contributed by atoms with E-state index in [-0.39, 0.29) is 5.91 Å². The van der Waals surface area contributed by atoms with Crippen LogP contribution in [0.5, 0.6) is 0 Å². The molecule has 0 unspecified atom stereocenters. The number of amides is 1. The van der Waals surface area contributed by atoms with Gasteiger partial charge in [-0.3, -0.25) is 4.79 Å². The van der Waals surface area contributed by atoms with Gasteiger partial charge >= 0.3 is 0 Å². The monoisotopic (exact) mass is 290 g/mol. The first-order chi connectivity index (χ1) is 10.1. The first-order valence-electron chi connectivity index (χ1n) is 7.72. The Morgan fingerprint density at radius 3 is 2.48 bits per heavy atom. The Balaban J connectivity index is 1.88. The van der Waals surface area contributed by atoms with Gasteiger partial charge in [-0.2, -0.15) is 0 Å². The number of hydrogen-bond donors (Lipinski definition) is 0. The normalized spacial score (nSPS) is 15.6. The summed E-state index contributed by atoms with van der Waals surface area (Å²) in [6, 6.07) is 4.22. The first-order valence-corrected chi connectivity index (χ1v) is 7.72. The maximum Gasteiger partial charge on any atom is 0.222 e. The number of piperazine rings is 1. The van der Waals surface area contributed by atoms with Crippen LogP contribution < -0.4 is 4.90 Å². The Morgan fingerprint density at radius 2 is 1.95 bits per heavy atom. The largest absolute Gasteiger partial charge is 0.353 e. The van der Waals surface area contributed by atoms with Crippen LogP contribution >= 0.6 is 0 Å². The van der Waals surface area contributed by atoms with Crippen LogP contribution in [-0.4, -0.2) is 61.0 Å². The number of hydrogen-bond acceptors (Lipinski definition) is 4. The fourth-order valence-electron chi connectivity index (χ4n) is 2.62. The zero-order valence-electron chi connectivity index (χ0n) is 13.4. The lowest BCUT2D eigenvalue weighted by Gasteiger charge is -2.35. The van der Waals surface area contributed by atoms with E-state index in [1.165, 1.54) is 5.56 Å². The summed E-state index contributed by atoms with van der Waals surface area (Å²) in [7, 11) is 4.11. The lowest BCUT2D eigenvalue weighted by molar-refractivity contribution is -0.131. The fourth-order valence-corrected chi connectivity index (χ4v) is 2.62. The van der Waals surface area contributed by atoms with E-state index in [9.17, 15) is 4.79 Å². The standard InChI is InChI=1S/C16H26N4O/c1-4-5-16(21)20-10-8-19(9-11-20)15-7-6-14(12-17-15)13-18(2)3/h6-7,12H,4-5,8-11,13H2,1-3H3. The van der Waals surface area contributed by atoms with Gasteiger partial charge in [-0.15, -0.1) is 0 Å². The van der Waals surface area contributed by atoms with E-state index in [0.29, 0.717) is 6.42 Å². The van der Waals surface area contributed by atoms with Gasteiger partial charge in [-0.1, -0.05) is 13.0 Å². The maximum absolute atomic E-state index is 11.9. The van der Waals surface area contributed by atoms with Gasteiger partial charge in [-0.05, 0) is 32.1 Å². The molecule has 5 nitrogen and oxygen atoms in total. The molecule has 0 N–H and O–H groups in total. The summed E-state index contributed by atoms with van der Waals surface area (Å²) < 4.78 is 0. The van der Waals surface area contributed by atoms with Crippen LogP contribution in [0.3, 0.4) is 0 Å². The van der Waals surface area contributed by atoms with Crippen LogP contribution in [0.25, 0.3) is 0 Å². The minimum absolute atomic E-state index is 0.284. The third-order valence-electron chi connectivity index (χ3n) is 3.73. The molecule has 1 aliphatic heterocycles. The van der Waals surface area contributed by atoms with Crippen molar-refractivity contribution in [3.63, 3.8) is 0 Å². The summed E-state index contributed by atoms with van der Waals surface area (Å²) in [6.45, 7) is 6.31. The Morgan fingerprint density at radius 1 is 1.24 bits per heavy atom. The second-order valence-electron chi connectivity index (χ2n) is 5.88. The molecule has 1 fully saturated rings. The molecule has 21 heavy (non-hydrogen) atoms. The van der Waals surface area contributed by atoms with Crippen molar-refractivity contribution in [2.45, 2.75) is 26.3 Å². The highest BCUT2D eigenvalue weighted by Gasteiger charge is 2.21. The van der Waals surface area contributed by atoms with Gasteiger partial charge in [-0.25, -0.2) is 4.98 Å². The molecule has 1 aliphatic rings. The van der Waals surface area contributed by atoms with E-state index >= 15 is 0 Å². The van der Waals surface area contributed by atoms with E-state index in [2.05, 4.69) is 41.0 Å². The molecule has 1 saturated heterocycles. The van der Waals surface area contributed by atoms with Gasteiger partial charge in [0.15, 0.2) is 0 Å². The Kier molecular flexibility index (Phi) is 5.56. The quantitative estimate of drug-likeness (QED) is 0.825. The summed E-state index contributed by atoms with van der Waals surface area (Å²) in [5.41, 5.74) is 1.22. The highest BCUT2D eigenvalue weighted by molar-refractivity contribution is 5.76. The summed E-state index contributed by atoms with van der Waals surface area (Å²) in [4.78, 5) is 22.8. The average molecular weight is 290 g/mol. The van der Waals surface area contributed by atoms with Crippen LogP contribution in [0.4, 0.5) is 5.82 Å². The summed E-state index contributed by atoms with van der Waals surface area (Å²) in [6.07, 6.45) is 3.54. The van der Waals surface area contributed by atoms with Crippen molar-refractivity contribution in [3.05, 3.63) is 23.9 Å². The Hall–Kier alpha value is -1.62. The van der Waals surface area contributed by atoms with E-state index < -0.39 is 0 Å². The molecule has 1 aromatic heterocycles. The molecular formula is C16H26N4O. The molecule has 0 aliphatic carbocycles. The van der Waals surface area contributed by atoms with Crippen molar-refractivity contribution in [3.8, 4) is 0 Å². The summed E-state index contributed by atoms with van der Waals surface area (Å²) in [5, 5.41) is 0. The van der Waals surface area contributed by atoms with Gasteiger partial charge in [0.05, 0.1) is 0 Å². The number of carbonyl (C=O) groups excluding carboxylic acids is 1. The van der Waals surface area contributed by atoms with Crippen LogP contribution in [-0.2, 0) is 11.3 Å². The van der Waals surface area contributed by atoms with Crippen molar-refractivity contribution in [2.24, 2.45) is 0 Å². The minimum atomic E-state index is 0.284. The lowest BCUT2D eigenvalue weighted by atomic mass is 10.2. The predicted octanol–water partition coefficient (Wildman–Crippen LogP) is 1.59. The van der Waals surface area contributed by atoms with Crippen molar-refractivity contribution in [1.82, 2.24) is 14.8 Å².